The number of rotatable bonds is 2. The summed E-state index contributed by atoms with van der Waals surface area (Å²) in [7, 11) is 0. The maximum atomic E-state index is 12.6. The van der Waals surface area contributed by atoms with Crippen LogP contribution in [0.3, 0.4) is 0 Å². The molecule has 0 fully saturated rings. The minimum absolute atomic E-state index is 0.252. The summed E-state index contributed by atoms with van der Waals surface area (Å²) in [5.74, 6) is 0.668. The van der Waals surface area contributed by atoms with E-state index in [1.54, 1.807) is 19.1 Å². The maximum absolute atomic E-state index is 12.6. The molecule has 0 aliphatic heterocycles. The number of halogens is 2. The van der Waals surface area contributed by atoms with Gasteiger partial charge in [-0.05, 0) is 19.1 Å². The monoisotopic (exact) mass is 250 g/mol. The van der Waals surface area contributed by atoms with Gasteiger partial charge in [-0.1, -0.05) is 0 Å². The van der Waals surface area contributed by atoms with Crippen molar-refractivity contribution in [3.63, 3.8) is 0 Å². The molecule has 0 amide bonds. The van der Waals surface area contributed by atoms with Crippen molar-refractivity contribution in [1.29, 1.82) is 0 Å². The third-order valence-electron chi connectivity index (χ3n) is 2.44. The second kappa shape index (κ2) is 3.86. The van der Waals surface area contributed by atoms with Crippen LogP contribution in [0.2, 0.25) is 0 Å². The molecule has 7 heteroatoms. The van der Waals surface area contributed by atoms with Gasteiger partial charge in [-0.25, -0.2) is 23.3 Å². The normalized spacial score (nSPS) is 11.6. The maximum Gasteiger partial charge on any atom is 0.299 e. The summed E-state index contributed by atoms with van der Waals surface area (Å²) in [4.78, 5) is 7.88. The molecule has 0 bridgehead atoms. The fourth-order valence-corrected chi connectivity index (χ4v) is 1.66. The summed E-state index contributed by atoms with van der Waals surface area (Å²) < 4.78 is 31.8. The van der Waals surface area contributed by atoms with Crippen LogP contribution in [0.1, 0.15) is 18.0 Å². The Morgan fingerprint density at radius 2 is 2.17 bits per heavy atom. The Kier molecular flexibility index (Phi) is 2.32. The van der Waals surface area contributed by atoms with Gasteiger partial charge in [0, 0.05) is 12.4 Å². The molecule has 0 N–H and O–H groups in total. The molecule has 0 unspecified atom stereocenters. The van der Waals surface area contributed by atoms with E-state index in [2.05, 4.69) is 15.1 Å². The van der Waals surface area contributed by atoms with Gasteiger partial charge in [0.1, 0.15) is 5.76 Å². The molecule has 0 aliphatic carbocycles. The first kappa shape index (κ1) is 10.8. The van der Waals surface area contributed by atoms with Crippen LogP contribution in [0.4, 0.5) is 8.78 Å². The van der Waals surface area contributed by atoms with Crippen LogP contribution in [0.15, 0.2) is 28.9 Å². The highest BCUT2D eigenvalue weighted by Gasteiger charge is 2.18. The van der Waals surface area contributed by atoms with E-state index in [1.165, 1.54) is 16.9 Å². The number of alkyl halides is 2. The number of aryl methyl sites for hydroxylation is 1. The lowest BCUT2D eigenvalue weighted by Crippen LogP contribution is -1.92. The minimum atomic E-state index is -2.71. The van der Waals surface area contributed by atoms with Crippen molar-refractivity contribution < 1.29 is 13.2 Å². The summed E-state index contributed by atoms with van der Waals surface area (Å²) in [5, 5.41) is 3.68. The van der Waals surface area contributed by atoms with Crippen molar-refractivity contribution in [2.75, 3.05) is 0 Å². The van der Waals surface area contributed by atoms with Gasteiger partial charge in [0.05, 0.1) is 0 Å². The SMILES string of the molecule is Cc1ccc(-c2nccn3nc(C(F)F)nc23)o1. The third kappa shape index (κ3) is 1.64. The van der Waals surface area contributed by atoms with E-state index in [0.717, 1.165) is 0 Å². The predicted octanol–water partition coefficient (Wildman–Crippen LogP) is 2.63. The fraction of sp³-hybridized carbons (Fsp3) is 0.182. The lowest BCUT2D eigenvalue weighted by atomic mass is 10.3. The van der Waals surface area contributed by atoms with Crippen molar-refractivity contribution in [2.45, 2.75) is 13.3 Å². The Balaban J connectivity index is 2.23. The first-order chi connectivity index (χ1) is 8.65. The standard InChI is InChI=1S/C11H8F2N4O/c1-6-2-3-7(18-6)8-11-15-10(9(12)13)16-17(11)5-4-14-8/h2-5,9H,1H3. The molecule has 0 atom stereocenters. The quantitative estimate of drug-likeness (QED) is 0.701. The minimum Gasteiger partial charge on any atom is -0.460 e. The van der Waals surface area contributed by atoms with Crippen LogP contribution >= 0.6 is 0 Å². The number of hydrogen-bond acceptors (Lipinski definition) is 4. The number of furan rings is 1. The number of aromatic nitrogens is 4. The van der Waals surface area contributed by atoms with Crippen LogP contribution in [0.5, 0.6) is 0 Å². The summed E-state index contributed by atoms with van der Waals surface area (Å²) in [5.41, 5.74) is 0.646. The molecular formula is C11H8F2N4O. The molecule has 92 valence electrons. The predicted molar refractivity (Wildman–Crippen MR) is 58.2 cm³/mol. The molecule has 0 aromatic carbocycles. The summed E-state index contributed by atoms with van der Waals surface area (Å²) >= 11 is 0. The second-order valence-electron chi connectivity index (χ2n) is 3.73. The Bertz CT molecular complexity index is 704. The topological polar surface area (TPSA) is 56.2 Å². The van der Waals surface area contributed by atoms with Crippen LogP contribution in [-0.4, -0.2) is 19.6 Å². The summed E-state index contributed by atoms with van der Waals surface area (Å²) in [6.45, 7) is 1.79. The van der Waals surface area contributed by atoms with Crippen molar-refractivity contribution in [3.8, 4) is 11.5 Å². The van der Waals surface area contributed by atoms with Gasteiger partial charge in [-0.3, -0.25) is 0 Å². The Labute approximate surface area is 100 Å². The van der Waals surface area contributed by atoms with E-state index in [-0.39, 0.29) is 5.65 Å². The average Bonchev–Trinajstić information content (AvgIpc) is 2.94. The summed E-state index contributed by atoms with van der Waals surface area (Å²) in [6, 6.07) is 3.49. The van der Waals surface area contributed by atoms with Crippen molar-refractivity contribution in [3.05, 3.63) is 36.1 Å². The van der Waals surface area contributed by atoms with Gasteiger partial charge in [0.25, 0.3) is 6.43 Å². The highest BCUT2D eigenvalue weighted by molar-refractivity contribution is 5.69. The molecule has 3 heterocycles. The largest absolute Gasteiger partial charge is 0.460 e. The molecule has 0 saturated carbocycles. The van der Waals surface area contributed by atoms with E-state index in [9.17, 15) is 8.78 Å². The van der Waals surface area contributed by atoms with Crippen LogP contribution in [-0.2, 0) is 0 Å². The zero-order valence-corrected chi connectivity index (χ0v) is 9.34. The molecule has 0 radical (unpaired) electrons. The number of fused-ring (bicyclic) bond motifs is 1. The van der Waals surface area contributed by atoms with Gasteiger partial charge >= 0.3 is 0 Å². The Morgan fingerprint density at radius 3 is 2.83 bits per heavy atom. The number of nitrogens with zero attached hydrogens (tertiary/aromatic N) is 4. The van der Waals surface area contributed by atoms with Crippen LogP contribution < -0.4 is 0 Å². The van der Waals surface area contributed by atoms with Gasteiger partial charge < -0.3 is 4.42 Å². The van der Waals surface area contributed by atoms with Crippen LogP contribution in [0.25, 0.3) is 17.1 Å². The van der Waals surface area contributed by atoms with Gasteiger partial charge in [0.15, 0.2) is 17.1 Å². The highest BCUT2D eigenvalue weighted by atomic mass is 19.3. The average molecular weight is 250 g/mol. The fourth-order valence-electron chi connectivity index (χ4n) is 1.66. The molecule has 0 spiro atoms. The van der Waals surface area contributed by atoms with E-state index in [1.807, 2.05) is 0 Å². The summed E-state index contributed by atoms with van der Waals surface area (Å²) in [6.07, 6.45) is 0.216. The second-order valence-corrected chi connectivity index (χ2v) is 3.73. The van der Waals surface area contributed by atoms with Crippen molar-refractivity contribution in [1.82, 2.24) is 19.6 Å². The number of hydrogen-bond donors (Lipinski definition) is 0. The van der Waals surface area contributed by atoms with Gasteiger partial charge in [0.2, 0.25) is 5.82 Å². The molecule has 3 aromatic rings. The Hall–Kier alpha value is -2.31. The molecule has 0 saturated heterocycles. The lowest BCUT2D eigenvalue weighted by Gasteiger charge is -1.97. The third-order valence-corrected chi connectivity index (χ3v) is 2.44. The lowest BCUT2D eigenvalue weighted by molar-refractivity contribution is 0.140. The molecule has 0 aliphatic rings. The van der Waals surface area contributed by atoms with Crippen LogP contribution in [0, 0.1) is 6.92 Å². The zero-order valence-electron chi connectivity index (χ0n) is 9.34. The zero-order chi connectivity index (χ0) is 12.7. The first-order valence-corrected chi connectivity index (χ1v) is 5.21. The molecule has 18 heavy (non-hydrogen) atoms. The van der Waals surface area contributed by atoms with Gasteiger partial charge in [-0.2, -0.15) is 0 Å². The smallest absolute Gasteiger partial charge is 0.299 e. The molecular weight excluding hydrogens is 242 g/mol. The molecule has 3 aromatic heterocycles. The molecule has 3 rings (SSSR count). The van der Waals surface area contributed by atoms with Crippen molar-refractivity contribution >= 4 is 5.65 Å². The van der Waals surface area contributed by atoms with E-state index >= 15 is 0 Å². The van der Waals surface area contributed by atoms with E-state index < -0.39 is 12.2 Å². The highest BCUT2D eigenvalue weighted by Crippen LogP contribution is 2.24. The van der Waals surface area contributed by atoms with E-state index in [4.69, 9.17) is 4.42 Å². The van der Waals surface area contributed by atoms with Gasteiger partial charge in [-0.15, -0.1) is 5.10 Å². The molecule has 5 nitrogen and oxygen atoms in total. The Morgan fingerprint density at radius 1 is 1.33 bits per heavy atom. The first-order valence-electron chi connectivity index (χ1n) is 5.21. The van der Waals surface area contributed by atoms with E-state index in [0.29, 0.717) is 17.2 Å². The van der Waals surface area contributed by atoms with Crippen molar-refractivity contribution in [2.24, 2.45) is 0 Å².